The van der Waals surface area contributed by atoms with Gasteiger partial charge in [0.2, 0.25) is 0 Å². The zero-order chi connectivity index (χ0) is 17.0. The molecule has 0 spiro atoms. The molecule has 6 nitrogen and oxygen atoms in total. The minimum Gasteiger partial charge on any atom is -0.396 e. The molecule has 1 fully saturated rings. The number of nitro groups is 1. The van der Waals surface area contributed by atoms with Gasteiger partial charge in [0.25, 0.3) is 5.69 Å². The molecular formula is C14H18F3N3O3. The Morgan fingerprint density at radius 2 is 1.87 bits per heavy atom. The highest BCUT2D eigenvalue weighted by Crippen LogP contribution is 2.39. The minimum absolute atomic E-state index is 0.0232. The highest BCUT2D eigenvalue weighted by Gasteiger charge is 2.37. The molecule has 0 aliphatic carbocycles. The number of alkyl halides is 3. The standard InChI is InChI=1S/C14H18F3N3O3/c15-14(16,17)12-10-11(20(22)23)2-3-13(12)19-7-5-18(6-8-19)4-1-9-21/h2-3,10,21H,1,4-9H2. The predicted molar refractivity (Wildman–Crippen MR) is 78.5 cm³/mol. The third kappa shape index (κ3) is 4.32. The molecule has 0 aromatic heterocycles. The second-order valence-corrected chi connectivity index (χ2v) is 5.36. The number of nitrogens with zero attached hydrogens (tertiary/aromatic N) is 3. The van der Waals surface area contributed by atoms with Gasteiger partial charge in [0.15, 0.2) is 0 Å². The van der Waals surface area contributed by atoms with Gasteiger partial charge in [-0.25, -0.2) is 0 Å². The number of aliphatic hydroxyl groups is 1. The molecular weight excluding hydrogens is 315 g/mol. The van der Waals surface area contributed by atoms with Crippen molar-refractivity contribution < 1.29 is 23.2 Å². The van der Waals surface area contributed by atoms with E-state index < -0.39 is 22.4 Å². The molecule has 0 amide bonds. The van der Waals surface area contributed by atoms with Gasteiger partial charge in [-0.3, -0.25) is 15.0 Å². The Morgan fingerprint density at radius 1 is 1.22 bits per heavy atom. The lowest BCUT2D eigenvalue weighted by Gasteiger charge is -2.37. The number of hydrogen-bond donors (Lipinski definition) is 1. The fourth-order valence-electron chi connectivity index (χ4n) is 2.65. The molecule has 128 valence electrons. The maximum absolute atomic E-state index is 13.2. The first-order chi connectivity index (χ1) is 10.8. The Balaban J connectivity index is 2.18. The van der Waals surface area contributed by atoms with Crippen LogP contribution in [0.25, 0.3) is 0 Å². The Bertz CT molecular complexity index is 558. The molecule has 1 aliphatic rings. The van der Waals surface area contributed by atoms with Gasteiger partial charge in [0, 0.05) is 57.2 Å². The summed E-state index contributed by atoms with van der Waals surface area (Å²) < 4.78 is 39.6. The van der Waals surface area contributed by atoms with E-state index >= 15 is 0 Å². The number of non-ortho nitro benzene ring substituents is 1. The van der Waals surface area contributed by atoms with E-state index in [2.05, 4.69) is 4.90 Å². The van der Waals surface area contributed by atoms with Crippen molar-refractivity contribution in [3.05, 3.63) is 33.9 Å². The number of rotatable bonds is 5. The smallest absolute Gasteiger partial charge is 0.396 e. The van der Waals surface area contributed by atoms with Crippen molar-refractivity contribution in [2.45, 2.75) is 12.6 Å². The average molecular weight is 333 g/mol. The third-order valence-electron chi connectivity index (χ3n) is 3.84. The third-order valence-corrected chi connectivity index (χ3v) is 3.84. The van der Waals surface area contributed by atoms with Gasteiger partial charge in [-0.15, -0.1) is 0 Å². The molecule has 1 saturated heterocycles. The largest absolute Gasteiger partial charge is 0.418 e. The molecule has 1 aromatic carbocycles. The number of nitro benzene ring substituents is 1. The summed E-state index contributed by atoms with van der Waals surface area (Å²) in [6.07, 6.45) is -4.01. The van der Waals surface area contributed by atoms with Crippen LogP contribution in [-0.2, 0) is 6.18 Å². The minimum atomic E-state index is -4.64. The lowest BCUT2D eigenvalue weighted by atomic mass is 10.1. The van der Waals surface area contributed by atoms with Crippen molar-refractivity contribution in [1.82, 2.24) is 4.90 Å². The van der Waals surface area contributed by atoms with E-state index in [1.807, 2.05) is 0 Å². The van der Waals surface area contributed by atoms with Crippen LogP contribution >= 0.6 is 0 Å². The number of halogens is 3. The fraction of sp³-hybridized carbons (Fsp3) is 0.571. The lowest BCUT2D eigenvalue weighted by molar-refractivity contribution is -0.385. The Hall–Kier alpha value is -1.87. The summed E-state index contributed by atoms with van der Waals surface area (Å²) in [5.74, 6) is 0. The zero-order valence-electron chi connectivity index (χ0n) is 12.4. The van der Waals surface area contributed by atoms with Crippen LogP contribution in [0.5, 0.6) is 0 Å². The number of piperazine rings is 1. The molecule has 1 aliphatic heterocycles. The zero-order valence-corrected chi connectivity index (χ0v) is 12.4. The van der Waals surface area contributed by atoms with Crippen LogP contribution in [0.3, 0.4) is 0 Å². The molecule has 0 radical (unpaired) electrons. The van der Waals surface area contributed by atoms with Crippen LogP contribution in [0.4, 0.5) is 24.5 Å². The van der Waals surface area contributed by atoms with Crippen molar-refractivity contribution >= 4 is 11.4 Å². The first-order valence-corrected chi connectivity index (χ1v) is 7.26. The monoisotopic (exact) mass is 333 g/mol. The van der Waals surface area contributed by atoms with E-state index in [9.17, 15) is 23.3 Å². The van der Waals surface area contributed by atoms with Crippen LogP contribution in [0.1, 0.15) is 12.0 Å². The molecule has 2 rings (SSSR count). The summed E-state index contributed by atoms with van der Waals surface area (Å²) >= 11 is 0. The van der Waals surface area contributed by atoms with Gasteiger partial charge in [0.05, 0.1) is 10.5 Å². The normalized spacial score (nSPS) is 16.6. The van der Waals surface area contributed by atoms with Crippen molar-refractivity contribution in [1.29, 1.82) is 0 Å². The van der Waals surface area contributed by atoms with E-state index in [1.165, 1.54) is 6.07 Å². The quantitative estimate of drug-likeness (QED) is 0.660. The van der Waals surface area contributed by atoms with Crippen LogP contribution in [0.2, 0.25) is 0 Å². The topological polar surface area (TPSA) is 69.9 Å². The van der Waals surface area contributed by atoms with Crippen molar-refractivity contribution in [2.75, 3.05) is 44.2 Å². The van der Waals surface area contributed by atoms with E-state index in [4.69, 9.17) is 5.11 Å². The summed E-state index contributed by atoms with van der Waals surface area (Å²) in [7, 11) is 0. The Labute approximate surface area is 131 Å². The Morgan fingerprint density at radius 3 is 2.39 bits per heavy atom. The first kappa shape index (κ1) is 17.5. The molecule has 1 N–H and O–H groups in total. The van der Waals surface area contributed by atoms with Gasteiger partial charge >= 0.3 is 6.18 Å². The van der Waals surface area contributed by atoms with Crippen LogP contribution in [0, 0.1) is 10.1 Å². The van der Waals surface area contributed by atoms with Gasteiger partial charge in [0.1, 0.15) is 0 Å². The summed E-state index contributed by atoms with van der Waals surface area (Å²) in [5.41, 5.74) is -1.57. The number of anilines is 1. The predicted octanol–water partition coefficient (Wildman–Crippen LogP) is 2.12. The fourth-order valence-corrected chi connectivity index (χ4v) is 2.65. The second-order valence-electron chi connectivity index (χ2n) is 5.36. The number of hydrogen-bond acceptors (Lipinski definition) is 5. The first-order valence-electron chi connectivity index (χ1n) is 7.26. The van der Waals surface area contributed by atoms with E-state index in [0.29, 0.717) is 45.2 Å². The molecule has 0 unspecified atom stereocenters. The number of benzene rings is 1. The van der Waals surface area contributed by atoms with Crippen LogP contribution < -0.4 is 4.90 Å². The summed E-state index contributed by atoms with van der Waals surface area (Å²) in [6.45, 7) is 2.79. The molecule has 0 saturated carbocycles. The molecule has 23 heavy (non-hydrogen) atoms. The highest BCUT2D eigenvalue weighted by atomic mass is 19.4. The highest BCUT2D eigenvalue weighted by molar-refractivity contribution is 5.59. The number of aliphatic hydroxyl groups excluding tert-OH is 1. The van der Waals surface area contributed by atoms with E-state index in [1.54, 1.807) is 4.90 Å². The lowest BCUT2D eigenvalue weighted by Crippen LogP contribution is -2.47. The van der Waals surface area contributed by atoms with Gasteiger partial charge in [-0.1, -0.05) is 0 Å². The SMILES string of the molecule is O=[N+]([O-])c1ccc(N2CCN(CCCO)CC2)c(C(F)(F)F)c1. The molecule has 9 heteroatoms. The van der Waals surface area contributed by atoms with E-state index in [-0.39, 0.29) is 12.3 Å². The molecule has 0 bridgehead atoms. The maximum Gasteiger partial charge on any atom is 0.418 e. The second kappa shape index (κ2) is 7.14. The van der Waals surface area contributed by atoms with Crippen molar-refractivity contribution in [3.8, 4) is 0 Å². The summed E-state index contributed by atoms with van der Waals surface area (Å²) in [4.78, 5) is 13.6. The van der Waals surface area contributed by atoms with E-state index in [0.717, 1.165) is 6.07 Å². The van der Waals surface area contributed by atoms with Crippen molar-refractivity contribution in [3.63, 3.8) is 0 Å². The van der Waals surface area contributed by atoms with Crippen molar-refractivity contribution in [2.24, 2.45) is 0 Å². The molecule has 1 heterocycles. The van der Waals surface area contributed by atoms with Crippen LogP contribution in [-0.4, -0.2) is 54.3 Å². The maximum atomic E-state index is 13.2. The van der Waals surface area contributed by atoms with Gasteiger partial charge < -0.3 is 10.0 Å². The summed E-state index contributed by atoms with van der Waals surface area (Å²) in [6, 6.07) is 2.86. The molecule has 1 aromatic rings. The van der Waals surface area contributed by atoms with Crippen LogP contribution in [0.15, 0.2) is 18.2 Å². The average Bonchev–Trinajstić information content (AvgIpc) is 2.52. The molecule has 0 atom stereocenters. The van der Waals surface area contributed by atoms with Gasteiger partial charge in [-0.2, -0.15) is 13.2 Å². The summed E-state index contributed by atoms with van der Waals surface area (Å²) in [5, 5.41) is 19.5. The Kier molecular flexibility index (Phi) is 5.42. The van der Waals surface area contributed by atoms with Gasteiger partial charge in [-0.05, 0) is 12.5 Å².